The molecule has 1 nitrogen and oxygen atoms in total. The molecule has 0 aromatic heterocycles. The standard InChI is InChI=1S/C10H12F2O/c1-3-7-5-4-6-8(9(7)13)10(2,11)12/h4-6,13H,3H2,1-2H3. The zero-order valence-corrected chi connectivity index (χ0v) is 7.64. The second-order valence-electron chi connectivity index (χ2n) is 3.06. The fourth-order valence-electron chi connectivity index (χ4n) is 1.23. The third-order valence-electron chi connectivity index (χ3n) is 1.97. The molecule has 1 rings (SSSR count). The maximum Gasteiger partial charge on any atom is 0.274 e. The molecule has 0 aliphatic carbocycles. The SMILES string of the molecule is CCc1cccc(C(C)(F)F)c1O. The van der Waals surface area contributed by atoms with Crippen LogP contribution in [-0.4, -0.2) is 5.11 Å². The van der Waals surface area contributed by atoms with Gasteiger partial charge in [0.05, 0.1) is 5.56 Å². The summed E-state index contributed by atoms with van der Waals surface area (Å²) >= 11 is 0. The Balaban J connectivity index is 3.24. The Kier molecular flexibility index (Phi) is 2.55. The topological polar surface area (TPSA) is 20.2 Å². The lowest BCUT2D eigenvalue weighted by Gasteiger charge is -2.14. The Morgan fingerprint density at radius 3 is 2.46 bits per heavy atom. The van der Waals surface area contributed by atoms with Gasteiger partial charge in [0.1, 0.15) is 5.75 Å². The molecule has 0 aliphatic rings. The number of hydrogen-bond donors (Lipinski definition) is 1. The van der Waals surface area contributed by atoms with Gasteiger partial charge in [-0.15, -0.1) is 0 Å². The summed E-state index contributed by atoms with van der Waals surface area (Å²) in [6.07, 6.45) is 0.551. The van der Waals surface area contributed by atoms with Gasteiger partial charge in [0.2, 0.25) is 0 Å². The monoisotopic (exact) mass is 186 g/mol. The van der Waals surface area contributed by atoms with Gasteiger partial charge in [-0.25, -0.2) is 8.78 Å². The van der Waals surface area contributed by atoms with Gasteiger partial charge in [0.25, 0.3) is 5.92 Å². The number of phenolic OH excluding ortho intramolecular Hbond substituents is 1. The number of alkyl halides is 2. The third kappa shape index (κ3) is 1.97. The van der Waals surface area contributed by atoms with Crippen LogP contribution in [0.15, 0.2) is 18.2 Å². The van der Waals surface area contributed by atoms with Crippen LogP contribution in [0.3, 0.4) is 0 Å². The van der Waals surface area contributed by atoms with Gasteiger partial charge < -0.3 is 5.11 Å². The van der Waals surface area contributed by atoms with E-state index in [1.165, 1.54) is 12.1 Å². The highest BCUT2D eigenvalue weighted by molar-refractivity contribution is 5.42. The molecule has 0 saturated heterocycles. The van der Waals surface area contributed by atoms with Crippen LogP contribution in [0.4, 0.5) is 8.78 Å². The first-order valence-corrected chi connectivity index (χ1v) is 4.16. The van der Waals surface area contributed by atoms with Crippen molar-refractivity contribution in [2.45, 2.75) is 26.2 Å². The minimum absolute atomic E-state index is 0.280. The second kappa shape index (κ2) is 3.32. The van der Waals surface area contributed by atoms with E-state index in [4.69, 9.17) is 0 Å². The van der Waals surface area contributed by atoms with Crippen LogP contribution in [0.25, 0.3) is 0 Å². The van der Waals surface area contributed by atoms with Crippen LogP contribution in [0, 0.1) is 0 Å². The molecule has 0 saturated carbocycles. The summed E-state index contributed by atoms with van der Waals surface area (Å²) in [6, 6.07) is 4.42. The minimum atomic E-state index is -2.98. The summed E-state index contributed by atoms with van der Waals surface area (Å²) in [6.45, 7) is 2.59. The Morgan fingerprint density at radius 1 is 1.38 bits per heavy atom. The second-order valence-corrected chi connectivity index (χ2v) is 3.06. The van der Waals surface area contributed by atoms with Gasteiger partial charge in [0, 0.05) is 6.92 Å². The number of aromatic hydroxyl groups is 1. The van der Waals surface area contributed by atoms with E-state index in [-0.39, 0.29) is 11.3 Å². The van der Waals surface area contributed by atoms with Crippen molar-refractivity contribution < 1.29 is 13.9 Å². The Morgan fingerprint density at radius 2 is 2.00 bits per heavy atom. The molecule has 0 fully saturated rings. The lowest BCUT2D eigenvalue weighted by atomic mass is 10.0. The van der Waals surface area contributed by atoms with E-state index < -0.39 is 5.92 Å². The summed E-state index contributed by atoms with van der Waals surface area (Å²) < 4.78 is 25.7. The van der Waals surface area contributed by atoms with Crippen LogP contribution in [0.1, 0.15) is 25.0 Å². The van der Waals surface area contributed by atoms with Crippen molar-refractivity contribution in [1.29, 1.82) is 0 Å². The van der Waals surface area contributed by atoms with Gasteiger partial charge in [-0.05, 0) is 18.1 Å². The van der Waals surface area contributed by atoms with E-state index in [9.17, 15) is 13.9 Å². The first kappa shape index (κ1) is 9.96. The minimum Gasteiger partial charge on any atom is -0.507 e. The predicted octanol–water partition coefficient (Wildman–Crippen LogP) is 3.07. The molecule has 1 aromatic carbocycles. The van der Waals surface area contributed by atoms with E-state index in [1.807, 2.05) is 6.92 Å². The van der Waals surface area contributed by atoms with Crippen LogP contribution < -0.4 is 0 Å². The predicted molar refractivity (Wildman–Crippen MR) is 47.1 cm³/mol. The zero-order chi connectivity index (χ0) is 10.1. The van der Waals surface area contributed by atoms with Crippen LogP contribution in [0.2, 0.25) is 0 Å². The molecule has 72 valence electrons. The molecule has 1 aromatic rings. The number of halogens is 2. The van der Waals surface area contributed by atoms with Crippen LogP contribution >= 0.6 is 0 Å². The van der Waals surface area contributed by atoms with E-state index >= 15 is 0 Å². The third-order valence-corrected chi connectivity index (χ3v) is 1.97. The first-order valence-electron chi connectivity index (χ1n) is 4.16. The number of aryl methyl sites for hydroxylation is 1. The molecule has 0 heterocycles. The van der Waals surface area contributed by atoms with Crippen molar-refractivity contribution in [1.82, 2.24) is 0 Å². The number of phenols is 1. The first-order chi connectivity index (χ1) is 5.96. The molecule has 0 radical (unpaired) electrons. The molecule has 1 N–H and O–H groups in total. The number of para-hydroxylation sites is 1. The molecular weight excluding hydrogens is 174 g/mol. The summed E-state index contributed by atoms with van der Waals surface area (Å²) in [5, 5.41) is 9.44. The van der Waals surface area contributed by atoms with Gasteiger partial charge >= 0.3 is 0 Å². The van der Waals surface area contributed by atoms with Gasteiger partial charge in [-0.2, -0.15) is 0 Å². The molecule has 13 heavy (non-hydrogen) atoms. The number of hydrogen-bond acceptors (Lipinski definition) is 1. The van der Waals surface area contributed by atoms with Crippen LogP contribution in [0.5, 0.6) is 5.75 Å². The van der Waals surface area contributed by atoms with E-state index in [0.29, 0.717) is 12.0 Å². The molecule has 0 amide bonds. The normalized spacial score (nSPS) is 11.7. The molecule has 0 bridgehead atoms. The Hall–Kier alpha value is -1.12. The van der Waals surface area contributed by atoms with Gasteiger partial charge in [0.15, 0.2) is 0 Å². The molecule has 0 unspecified atom stereocenters. The highest BCUT2D eigenvalue weighted by atomic mass is 19.3. The van der Waals surface area contributed by atoms with Crippen molar-refractivity contribution in [3.8, 4) is 5.75 Å². The maximum absolute atomic E-state index is 12.9. The molecule has 3 heteroatoms. The van der Waals surface area contributed by atoms with Crippen molar-refractivity contribution >= 4 is 0 Å². The summed E-state index contributed by atoms with van der Waals surface area (Å²) in [5.41, 5.74) is 0.255. The largest absolute Gasteiger partial charge is 0.507 e. The smallest absolute Gasteiger partial charge is 0.274 e. The van der Waals surface area contributed by atoms with Gasteiger partial charge in [-0.1, -0.05) is 19.1 Å². The fourth-order valence-corrected chi connectivity index (χ4v) is 1.23. The van der Waals surface area contributed by atoms with Crippen molar-refractivity contribution in [2.24, 2.45) is 0 Å². The Labute approximate surface area is 76.0 Å². The lowest BCUT2D eigenvalue weighted by Crippen LogP contribution is -2.07. The fraction of sp³-hybridized carbons (Fsp3) is 0.400. The Bertz CT molecular complexity index is 302. The quantitative estimate of drug-likeness (QED) is 0.752. The van der Waals surface area contributed by atoms with Crippen molar-refractivity contribution in [3.63, 3.8) is 0 Å². The average Bonchev–Trinajstić information content (AvgIpc) is 2.02. The molecule has 0 spiro atoms. The van der Waals surface area contributed by atoms with E-state index in [2.05, 4.69) is 0 Å². The van der Waals surface area contributed by atoms with Crippen LogP contribution in [-0.2, 0) is 12.3 Å². The highest BCUT2D eigenvalue weighted by Gasteiger charge is 2.28. The molecular formula is C10H12F2O. The number of rotatable bonds is 2. The summed E-state index contributed by atoms with van der Waals surface area (Å²) in [4.78, 5) is 0. The highest BCUT2D eigenvalue weighted by Crippen LogP contribution is 2.35. The molecule has 0 atom stereocenters. The average molecular weight is 186 g/mol. The zero-order valence-electron chi connectivity index (χ0n) is 7.64. The van der Waals surface area contributed by atoms with Gasteiger partial charge in [-0.3, -0.25) is 0 Å². The van der Waals surface area contributed by atoms with Crippen molar-refractivity contribution in [2.75, 3.05) is 0 Å². The van der Waals surface area contributed by atoms with Crippen molar-refractivity contribution in [3.05, 3.63) is 29.3 Å². The number of benzene rings is 1. The summed E-state index contributed by atoms with van der Waals surface area (Å²) in [7, 11) is 0. The van der Waals surface area contributed by atoms with E-state index in [1.54, 1.807) is 6.07 Å². The molecule has 0 aliphatic heterocycles. The van der Waals surface area contributed by atoms with E-state index in [0.717, 1.165) is 6.92 Å². The summed E-state index contributed by atoms with van der Waals surface area (Å²) in [5.74, 6) is -3.26. The maximum atomic E-state index is 12.9. The lowest BCUT2D eigenvalue weighted by molar-refractivity contribution is 0.0150.